The Bertz CT molecular complexity index is 473. The summed E-state index contributed by atoms with van der Waals surface area (Å²) in [4.78, 5) is 11.3. The first-order chi connectivity index (χ1) is 8.00. The Morgan fingerprint density at radius 3 is 2.82 bits per heavy atom. The fourth-order valence-corrected chi connectivity index (χ4v) is 2.11. The Hall–Kier alpha value is -1.91. The van der Waals surface area contributed by atoms with Crippen LogP contribution in [0, 0.1) is 0 Å². The van der Waals surface area contributed by atoms with E-state index in [0.717, 1.165) is 5.56 Å². The predicted octanol–water partition coefficient (Wildman–Crippen LogP) is 1.41. The first-order valence-electron chi connectivity index (χ1n) is 5.59. The first kappa shape index (κ1) is 11.6. The number of ether oxygens (including phenoxy) is 1. The van der Waals surface area contributed by atoms with Gasteiger partial charge in [-0.05, 0) is 24.5 Å². The SMILES string of the molecule is CCC1(C(=O)O)CCc2ccc(N)c(N)c2O1. The van der Waals surface area contributed by atoms with Crippen LogP contribution >= 0.6 is 0 Å². The summed E-state index contributed by atoms with van der Waals surface area (Å²) in [5.41, 5.74) is 12.0. The summed E-state index contributed by atoms with van der Waals surface area (Å²) in [6, 6.07) is 3.56. The average Bonchev–Trinajstić information content (AvgIpc) is 2.33. The summed E-state index contributed by atoms with van der Waals surface area (Å²) in [6.07, 6.45) is 1.49. The third-order valence-electron chi connectivity index (χ3n) is 3.37. The number of benzene rings is 1. The van der Waals surface area contributed by atoms with Gasteiger partial charge in [0, 0.05) is 6.42 Å². The van der Waals surface area contributed by atoms with E-state index in [1.54, 1.807) is 13.0 Å². The van der Waals surface area contributed by atoms with E-state index in [1.807, 2.05) is 6.07 Å². The number of rotatable bonds is 2. The van der Waals surface area contributed by atoms with Crippen LogP contribution in [-0.4, -0.2) is 16.7 Å². The van der Waals surface area contributed by atoms with Crippen molar-refractivity contribution >= 4 is 17.3 Å². The van der Waals surface area contributed by atoms with Gasteiger partial charge in [-0.25, -0.2) is 4.79 Å². The lowest BCUT2D eigenvalue weighted by Crippen LogP contribution is -2.46. The highest BCUT2D eigenvalue weighted by Crippen LogP contribution is 2.41. The first-order valence-corrected chi connectivity index (χ1v) is 5.59. The second kappa shape index (κ2) is 3.84. The normalized spacial score (nSPS) is 22.6. The minimum atomic E-state index is -1.17. The highest BCUT2D eigenvalue weighted by Gasteiger charge is 2.42. The van der Waals surface area contributed by atoms with Crippen LogP contribution in [0.4, 0.5) is 11.4 Å². The highest BCUT2D eigenvalue weighted by atomic mass is 16.5. The fraction of sp³-hybridized carbons (Fsp3) is 0.417. The number of nitrogen functional groups attached to an aromatic ring is 2. The molecule has 0 saturated carbocycles. The maximum atomic E-state index is 11.3. The van der Waals surface area contributed by atoms with E-state index in [2.05, 4.69) is 0 Å². The van der Waals surface area contributed by atoms with Crippen molar-refractivity contribution in [2.45, 2.75) is 31.8 Å². The zero-order valence-corrected chi connectivity index (χ0v) is 9.69. The molecule has 92 valence electrons. The number of carboxylic acid groups (broad SMARTS) is 1. The van der Waals surface area contributed by atoms with Gasteiger partial charge in [-0.1, -0.05) is 13.0 Å². The maximum absolute atomic E-state index is 11.3. The molecule has 1 aliphatic rings. The lowest BCUT2D eigenvalue weighted by Gasteiger charge is -2.35. The fourth-order valence-electron chi connectivity index (χ4n) is 2.11. The summed E-state index contributed by atoms with van der Waals surface area (Å²) in [7, 11) is 0. The van der Waals surface area contributed by atoms with Crippen molar-refractivity contribution < 1.29 is 14.6 Å². The molecule has 0 radical (unpaired) electrons. The number of fused-ring (bicyclic) bond motifs is 1. The van der Waals surface area contributed by atoms with E-state index in [4.69, 9.17) is 16.2 Å². The second-order valence-electron chi connectivity index (χ2n) is 4.31. The van der Waals surface area contributed by atoms with Crippen LogP contribution < -0.4 is 16.2 Å². The Labute approximate surface area is 99.4 Å². The van der Waals surface area contributed by atoms with Gasteiger partial charge in [-0.3, -0.25) is 0 Å². The van der Waals surface area contributed by atoms with Gasteiger partial charge in [-0.15, -0.1) is 0 Å². The number of nitrogens with two attached hydrogens (primary N) is 2. The monoisotopic (exact) mass is 236 g/mol. The van der Waals surface area contributed by atoms with Crippen LogP contribution in [0.3, 0.4) is 0 Å². The molecule has 1 aromatic carbocycles. The minimum Gasteiger partial charge on any atom is -0.478 e. The van der Waals surface area contributed by atoms with Gasteiger partial charge in [0.15, 0.2) is 0 Å². The number of carbonyl (C=O) groups is 1. The number of hydrogen-bond donors (Lipinski definition) is 3. The molecule has 5 N–H and O–H groups in total. The van der Waals surface area contributed by atoms with Crippen molar-refractivity contribution in [1.29, 1.82) is 0 Å². The Morgan fingerprint density at radius 1 is 1.53 bits per heavy atom. The molecule has 1 atom stereocenters. The largest absolute Gasteiger partial charge is 0.478 e. The molecule has 0 saturated heterocycles. The molecule has 2 rings (SSSR count). The molecule has 1 aliphatic heterocycles. The van der Waals surface area contributed by atoms with Crippen molar-refractivity contribution in [3.63, 3.8) is 0 Å². The molecule has 1 unspecified atom stereocenters. The molecule has 0 spiro atoms. The zero-order valence-electron chi connectivity index (χ0n) is 9.69. The van der Waals surface area contributed by atoms with E-state index >= 15 is 0 Å². The molecule has 1 heterocycles. The van der Waals surface area contributed by atoms with Crippen LogP contribution in [0.5, 0.6) is 5.75 Å². The van der Waals surface area contributed by atoms with E-state index < -0.39 is 11.6 Å². The van der Waals surface area contributed by atoms with Crippen molar-refractivity contribution in [2.75, 3.05) is 11.5 Å². The lowest BCUT2D eigenvalue weighted by molar-refractivity contribution is -0.157. The molecular weight excluding hydrogens is 220 g/mol. The van der Waals surface area contributed by atoms with E-state index in [1.165, 1.54) is 0 Å². The summed E-state index contributed by atoms with van der Waals surface area (Å²) in [5, 5.41) is 9.28. The number of anilines is 2. The van der Waals surface area contributed by atoms with Gasteiger partial charge in [0.25, 0.3) is 0 Å². The number of carboxylic acids is 1. The summed E-state index contributed by atoms with van der Waals surface area (Å²) >= 11 is 0. The van der Waals surface area contributed by atoms with Gasteiger partial charge in [0.05, 0.1) is 11.4 Å². The van der Waals surface area contributed by atoms with E-state index in [9.17, 15) is 9.90 Å². The van der Waals surface area contributed by atoms with Crippen LogP contribution in [0.2, 0.25) is 0 Å². The molecule has 17 heavy (non-hydrogen) atoms. The van der Waals surface area contributed by atoms with Crippen molar-refractivity contribution in [1.82, 2.24) is 0 Å². The smallest absolute Gasteiger partial charge is 0.348 e. The lowest BCUT2D eigenvalue weighted by atomic mass is 9.88. The predicted molar refractivity (Wildman–Crippen MR) is 64.9 cm³/mol. The Balaban J connectivity index is 2.47. The maximum Gasteiger partial charge on any atom is 0.348 e. The third kappa shape index (κ3) is 1.67. The van der Waals surface area contributed by atoms with Crippen LogP contribution in [0.15, 0.2) is 12.1 Å². The second-order valence-corrected chi connectivity index (χ2v) is 4.31. The molecule has 1 aromatic rings. The molecule has 5 nitrogen and oxygen atoms in total. The standard InChI is InChI=1S/C12H16N2O3/c1-2-12(11(15)16)6-5-7-3-4-8(13)9(14)10(7)17-12/h3-4H,2,5-6,13-14H2,1H3,(H,15,16). The number of hydrogen-bond acceptors (Lipinski definition) is 4. The van der Waals surface area contributed by atoms with Crippen molar-refractivity contribution in [3.05, 3.63) is 17.7 Å². The van der Waals surface area contributed by atoms with E-state index in [0.29, 0.717) is 36.4 Å². The summed E-state index contributed by atoms with van der Waals surface area (Å²) in [5.74, 6) is -0.520. The van der Waals surface area contributed by atoms with Crippen LogP contribution in [0.1, 0.15) is 25.3 Å². The molecule has 0 fully saturated rings. The van der Waals surface area contributed by atoms with Gasteiger partial charge < -0.3 is 21.3 Å². The molecule has 0 aromatic heterocycles. The topological polar surface area (TPSA) is 98.6 Å². The minimum absolute atomic E-state index is 0.335. The zero-order chi connectivity index (χ0) is 12.6. The molecular formula is C12H16N2O3. The average molecular weight is 236 g/mol. The summed E-state index contributed by atoms with van der Waals surface area (Å²) < 4.78 is 5.64. The van der Waals surface area contributed by atoms with Gasteiger partial charge in [0.2, 0.25) is 5.60 Å². The highest BCUT2D eigenvalue weighted by molar-refractivity contribution is 5.81. The quantitative estimate of drug-likeness (QED) is 0.674. The molecule has 0 amide bonds. The van der Waals surface area contributed by atoms with Crippen molar-refractivity contribution in [2.24, 2.45) is 0 Å². The van der Waals surface area contributed by atoms with Gasteiger partial charge in [0.1, 0.15) is 5.75 Å². The molecule has 0 aliphatic carbocycles. The molecule has 0 bridgehead atoms. The van der Waals surface area contributed by atoms with Gasteiger partial charge >= 0.3 is 5.97 Å². The Morgan fingerprint density at radius 2 is 2.24 bits per heavy atom. The number of aliphatic carboxylic acids is 1. The van der Waals surface area contributed by atoms with E-state index in [-0.39, 0.29) is 0 Å². The van der Waals surface area contributed by atoms with Gasteiger partial charge in [-0.2, -0.15) is 0 Å². The van der Waals surface area contributed by atoms with Crippen molar-refractivity contribution in [3.8, 4) is 5.75 Å². The van der Waals surface area contributed by atoms with Crippen LogP contribution in [-0.2, 0) is 11.2 Å². The third-order valence-corrected chi connectivity index (χ3v) is 3.37. The number of aryl methyl sites for hydroxylation is 1. The summed E-state index contributed by atoms with van der Waals surface area (Å²) in [6.45, 7) is 1.79. The van der Waals surface area contributed by atoms with Crippen LogP contribution in [0.25, 0.3) is 0 Å². The molecule has 5 heteroatoms. The Kier molecular flexibility index (Phi) is 2.61.